The van der Waals surface area contributed by atoms with Crippen LogP contribution in [0.2, 0.25) is 0 Å². The zero-order valence-corrected chi connectivity index (χ0v) is 14.2. The Bertz CT molecular complexity index is 961. The third kappa shape index (κ3) is 3.77. The van der Waals surface area contributed by atoms with Gasteiger partial charge in [-0.3, -0.25) is 14.4 Å². The lowest BCUT2D eigenvalue weighted by atomic mass is 10.1. The summed E-state index contributed by atoms with van der Waals surface area (Å²) in [5.74, 6) is -1.11. The van der Waals surface area contributed by atoms with Crippen molar-refractivity contribution in [3.8, 4) is 0 Å². The van der Waals surface area contributed by atoms with E-state index in [0.29, 0.717) is 11.0 Å². The Morgan fingerprint density at radius 1 is 1.24 bits per heavy atom. The number of para-hydroxylation sites is 1. The molecule has 0 aliphatic heterocycles. The summed E-state index contributed by atoms with van der Waals surface area (Å²) in [6.45, 7) is 0. The minimum atomic E-state index is -0.565. The second-order valence-electron chi connectivity index (χ2n) is 5.29. The maximum absolute atomic E-state index is 12.5. The summed E-state index contributed by atoms with van der Waals surface area (Å²) in [6.07, 6.45) is -0.0133. The molecule has 0 saturated carbocycles. The average Bonchev–Trinajstić information content (AvgIpc) is 3.15. The fraction of sp³-hybridized carbons (Fsp3) is 0.167. The van der Waals surface area contributed by atoms with Gasteiger partial charge in [-0.1, -0.05) is 18.2 Å². The van der Waals surface area contributed by atoms with Gasteiger partial charge in [0.2, 0.25) is 0 Å². The van der Waals surface area contributed by atoms with Gasteiger partial charge >= 0.3 is 5.97 Å². The Labute approximate surface area is 147 Å². The number of nitrogens with one attached hydrogen (secondary N) is 1. The molecule has 0 radical (unpaired) electrons. The highest BCUT2D eigenvalue weighted by Crippen LogP contribution is 2.23. The zero-order chi connectivity index (χ0) is 17.8. The summed E-state index contributed by atoms with van der Waals surface area (Å²) in [4.78, 5) is 37.1. The van der Waals surface area contributed by atoms with Gasteiger partial charge in [-0.2, -0.15) is 0 Å². The van der Waals surface area contributed by atoms with Crippen molar-refractivity contribution in [2.24, 2.45) is 0 Å². The lowest BCUT2D eigenvalue weighted by Crippen LogP contribution is -2.30. The smallest absolute Gasteiger partial charge is 0.307 e. The summed E-state index contributed by atoms with van der Waals surface area (Å²) in [5, 5.41) is 4.99. The van der Waals surface area contributed by atoms with Gasteiger partial charge in [-0.25, -0.2) is 0 Å². The van der Waals surface area contributed by atoms with Crippen LogP contribution < -0.4 is 10.7 Å². The lowest BCUT2D eigenvalue weighted by Gasteiger charge is -2.16. The maximum atomic E-state index is 12.5. The molecule has 7 heteroatoms. The van der Waals surface area contributed by atoms with Crippen LogP contribution in [0.5, 0.6) is 0 Å². The van der Waals surface area contributed by atoms with Crippen molar-refractivity contribution >= 4 is 34.2 Å². The molecular formula is C18H15NO5S. The third-order valence-electron chi connectivity index (χ3n) is 3.65. The van der Waals surface area contributed by atoms with Crippen LogP contribution in [0, 0.1) is 0 Å². The minimum Gasteiger partial charge on any atom is -0.469 e. The van der Waals surface area contributed by atoms with Crippen molar-refractivity contribution in [1.29, 1.82) is 0 Å². The number of rotatable bonds is 5. The van der Waals surface area contributed by atoms with Crippen molar-refractivity contribution < 1.29 is 18.7 Å². The molecular weight excluding hydrogens is 342 g/mol. The van der Waals surface area contributed by atoms with Crippen LogP contribution >= 0.6 is 11.3 Å². The fourth-order valence-electron chi connectivity index (χ4n) is 2.41. The first-order valence-corrected chi connectivity index (χ1v) is 8.40. The topological polar surface area (TPSA) is 85.6 Å². The summed E-state index contributed by atoms with van der Waals surface area (Å²) >= 11 is 1.41. The molecule has 0 saturated heterocycles. The molecule has 0 aliphatic carbocycles. The Kier molecular flexibility index (Phi) is 4.95. The Morgan fingerprint density at radius 2 is 2.04 bits per heavy atom. The first kappa shape index (κ1) is 16.9. The van der Waals surface area contributed by atoms with Crippen molar-refractivity contribution in [2.75, 3.05) is 7.11 Å². The van der Waals surface area contributed by atoms with Gasteiger partial charge in [0.05, 0.1) is 25.0 Å². The van der Waals surface area contributed by atoms with E-state index in [1.165, 1.54) is 18.4 Å². The van der Waals surface area contributed by atoms with E-state index in [2.05, 4.69) is 10.1 Å². The molecule has 3 rings (SSSR count). The van der Waals surface area contributed by atoms with E-state index in [-0.39, 0.29) is 17.6 Å². The maximum Gasteiger partial charge on any atom is 0.307 e. The number of esters is 1. The standard InChI is InChI=1S/C18H15NO5S/c1-23-17(21)9-12(16-7-4-8-25-16)19-18(22)15-10-13(20)11-5-2-3-6-14(11)24-15/h2-8,10,12H,9H2,1H3,(H,19,22). The third-order valence-corrected chi connectivity index (χ3v) is 4.63. The fourth-order valence-corrected chi connectivity index (χ4v) is 3.19. The largest absolute Gasteiger partial charge is 0.469 e. The summed E-state index contributed by atoms with van der Waals surface area (Å²) in [5.41, 5.74) is 0.0356. The molecule has 0 bridgehead atoms. The normalized spacial score (nSPS) is 11.9. The number of amides is 1. The van der Waals surface area contributed by atoms with Crippen LogP contribution in [0.25, 0.3) is 11.0 Å². The first-order chi connectivity index (χ1) is 12.1. The molecule has 25 heavy (non-hydrogen) atoms. The predicted molar refractivity (Wildman–Crippen MR) is 93.6 cm³/mol. The highest BCUT2D eigenvalue weighted by Gasteiger charge is 2.22. The molecule has 1 N–H and O–H groups in total. The molecule has 6 nitrogen and oxygen atoms in total. The number of fused-ring (bicyclic) bond motifs is 1. The van der Waals surface area contributed by atoms with E-state index in [1.807, 2.05) is 17.5 Å². The van der Waals surface area contributed by atoms with E-state index in [4.69, 9.17) is 4.42 Å². The van der Waals surface area contributed by atoms with Crippen LogP contribution in [0.15, 0.2) is 57.1 Å². The van der Waals surface area contributed by atoms with E-state index >= 15 is 0 Å². The van der Waals surface area contributed by atoms with E-state index in [1.54, 1.807) is 24.3 Å². The average molecular weight is 357 g/mol. The van der Waals surface area contributed by atoms with E-state index < -0.39 is 17.9 Å². The van der Waals surface area contributed by atoms with Gasteiger partial charge in [0.15, 0.2) is 11.2 Å². The minimum absolute atomic E-state index is 0.0133. The van der Waals surface area contributed by atoms with Crippen LogP contribution in [0.4, 0.5) is 0 Å². The quantitative estimate of drug-likeness (QED) is 0.710. The van der Waals surface area contributed by atoms with Crippen LogP contribution in [-0.2, 0) is 9.53 Å². The molecule has 1 atom stereocenters. The highest BCUT2D eigenvalue weighted by atomic mass is 32.1. The highest BCUT2D eigenvalue weighted by molar-refractivity contribution is 7.10. The molecule has 0 fully saturated rings. The van der Waals surface area contributed by atoms with Crippen molar-refractivity contribution in [3.05, 3.63) is 68.7 Å². The predicted octanol–water partition coefficient (Wildman–Crippen LogP) is 2.89. The van der Waals surface area contributed by atoms with Crippen molar-refractivity contribution in [3.63, 3.8) is 0 Å². The summed E-state index contributed by atoms with van der Waals surface area (Å²) in [6, 6.07) is 10.9. The van der Waals surface area contributed by atoms with Crippen LogP contribution in [0.3, 0.4) is 0 Å². The molecule has 2 heterocycles. The Hall–Kier alpha value is -2.93. The van der Waals surface area contributed by atoms with Crippen LogP contribution in [-0.4, -0.2) is 19.0 Å². The molecule has 1 unspecified atom stereocenters. The number of carbonyl (C=O) groups excluding carboxylic acids is 2. The zero-order valence-electron chi connectivity index (χ0n) is 13.4. The number of hydrogen-bond acceptors (Lipinski definition) is 6. The number of benzene rings is 1. The number of carbonyl (C=O) groups is 2. The summed E-state index contributed by atoms with van der Waals surface area (Å²) in [7, 11) is 1.29. The first-order valence-electron chi connectivity index (χ1n) is 7.52. The van der Waals surface area contributed by atoms with E-state index in [0.717, 1.165) is 10.9 Å². The van der Waals surface area contributed by atoms with Gasteiger partial charge in [0, 0.05) is 10.9 Å². The van der Waals surface area contributed by atoms with E-state index in [9.17, 15) is 14.4 Å². The van der Waals surface area contributed by atoms with Gasteiger partial charge < -0.3 is 14.5 Å². The number of hydrogen-bond donors (Lipinski definition) is 1. The molecule has 128 valence electrons. The Balaban J connectivity index is 1.88. The number of thiophene rings is 1. The second kappa shape index (κ2) is 7.31. The van der Waals surface area contributed by atoms with Gasteiger partial charge in [0.1, 0.15) is 5.58 Å². The van der Waals surface area contributed by atoms with Crippen LogP contribution in [0.1, 0.15) is 27.9 Å². The van der Waals surface area contributed by atoms with Gasteiger partial charge in [-0.15, -0.1) is 11.3 Å². The monoisotopic (exact) mass is 357 g/mol. The SMILES string of the molecule is COC(=O)CC(NC(=O)c1cc(=O)c2ccccc2o1)c1cccs1. The summed E-state index contributed by atoms with van der Waals surface area (Å²) < 4.78 is 10.2. The molecule has 2 aromatic heterocycles. The molecule has 0 spiro atoms. The molecule has 3 aromatic rings. The molecule has 1 aromatic carbocycles. The second-order valence-corrected chi connectivity index (χ2v) is 6.27. The Morgan fingerprint density at radius 3 is 2.76 bits per heavy atom. The molecule has 0 aliphatic rings. The lowest BCUT2D eigenvalue weighted by molar-refractivity contribution is -0.141. The number of ether oxygens (including phenoxy) is 1. The van der Waals surface area contributed by atoms with Gasteiger partial charge in [0.25, 0.3) is 5.91 Å². The van der Waals surface area contributed by atoms with Crippen molar-refractivity contribution in [2.45, 2.75) is 12.5 Å². The van der Waals surface area contributed by atoms with Crippen molar-refractivity contribution in [1.82, 2.24) is 5.32 Å². The molecule has 1 amide bonds. The number of methoxy groups -OCH3 is 1. The van der Waals surface area contributed by atoms with Gasteiger partial charge in [-0.05, 0) is 23.6 Å².